The molecule has 21 heavy (non-hydrogen) atoms. The predicted octanol–water partition coefficient (Wildman–Crippen LogP) is 2.05. The summed E-state index contributed by atoms with van der Waals surface area (Å²) in [5.41, 5.74) is 1.40. The Bertz CT molecular complexity index is 724. The summed E-state index contributed by atoms with van der Waals surface area (Å²) in [6, 6.07) is 14.6. The smallest absolute Gasteiger partial charge is 0.193 e. The van der Waals surface area contributed by atoms with Gasteiger partial charge in [0, 0.05) is 29.8 Å². The first kappa shape index (κ1) is 12.4. The van der Waals surface area contributed by atoms with E-state index in [0.717, 1.165) is 42.0 Å². The third-order valence-corrected chi connectivity index (χ3v) is 4.26. The number of phenols is 1. The molecule has 0 unspecified atom stereocenters. The Morgan fingerprint density at radius 2 is 1.81 bits per heavy atom. The minimum Gasteiger partial charge on any atom is -0.508 e. The molecule has 2 heterocycles. The molecule has 4 rings (SSSR count). The third-order valence-electron chi connectivity index (χ3n) is 4.26. The topological polar surface area (TPSA) is 56.1 Å². The van der Waals surface area contributed by atoms with Crippen molar-refractivity contribution in [2.24, 2.45) is 4.99 Å². The first-order valence-electron chi connectivity index (χ1n) is 7.15. The van der Waals surface area contributed by atoms with Crippen LogP contribution in [-0.4, -0.2) is 34.0 Å². The van der Waals surface area contributed by atoms with E-state index in [9.17, 15) is 10.2 Å². The number of amidine groups is 1. The number of phenolic OH excluding ortho intramolecular Hbond substituents is 1. The SMILES string of the molecule is Oc1ccc([C@]2(O)c3ccccc3C3=NCCCN32)cc1. The maximum atomic E-state index is 11.5. The fraction of sp³-hybridized carbons (Fsp3) is 0.235. The number of benzene rings is 2. The lowest BCUT2D eigenvalue weighted by molar-refractivity contribution is -0.0318. The molecular formula is C17H16N2O2. The average Bonchev–Trinajstić information content (AvgIpc) is 2.80. The molecule has 2 N–H and O–H groups in total. The number of hydrogen-bond acceptors (Lipinski definition) is 4. The van der Waals surface area contributed by atoms with Crippen LogP contribution in [0.4, 0.5) is 0 Å². The zero-order chi connectivity index (χ0) is 14.4. The summed E-state index contributed by atoms with van der Waals surface area (Å²) in [5, 5.41) is 21.0. The standard InChI is InChI=1S/C17H16N2O2/c20-13-8-6-12(7-9-13)17(21)15-5-2-1-4-14(15)16-18-10-3-11-19(16)17/h1-2,4-9,20-21H,3,10-11H2/t17-/m0/s1. The summed E-state index contributed by atoms with van der Waals surface area (Å²) >= 11 is 0. The van der Waals surface area contributed by atoms with E-state index in [4.69, 9.17) is 0 Å². The molecular weight excluding hydrogens is 264 g/mol. The van der Waals surface area contributed by atoms with Gasteiger partial charge in [0.2, 0.25) is 0 Å². The monoisotopic (exact) mass is 280 g/mol. The fourth-order valence-electron chi connectivity index (χ4n) is 3.28. The van der Waals surface area contributed by atoms with Gasteiger partial charge in [0.15, 0.2) is 5.72 Å². The van der Waals surface area contributed by atoms with Gasteiger partial charge in [-0.3, -0.25) is 4.99 Å². The molecule has 2 aromatic carbocycles. The van der Waals surface area contributed by atoms with Crippen LogP contribution < -0.4 is 0 Å². The number of rotatable bonds is 1. The summed E-state index contributed by atoms with van der Waals surface area (Å²) in [5.74, 6) is 1.06. The zero-order valence-corrected chi connectivity index (χ0v) is 11.5. The quantitative estimate of drug-likeness (QED) is 0.840. The van der Waals surface area contributed by atoms with Gasteiger partial charge in [0.25, 0.3) is 0 Å². The van der Waals surface area contributed by atoms with E-state index < -0.39 is 5.72 Å². The third kappa shape index (κ3) is 1.63. The Kier molecular flexibility index (Phi) is 2.56. The Balaban J connectivity index is 1.96. The van der Waals surface area contributed by atoms with Crippen molar-refractivity contribution >= 4 is 5.84 Å². The van der Waals surface area contributed by atoms with Crippen LogP contribution in [0.15, 0.2) is 53.5 Å². The molecule has 0 radical (unpaired) electrons. The highest BCUT2D eigenvalue weighted by molar-refractivity contribution is 6.04. The van der Waals surface area contributed by atoms with E-state index >= 15 is 0 Å². The summed E-state index contributed by atoms with van der Waals surface area (Å²) in [4.78, 5) is 6.57. The molecule has 106 valence electrons. The van der Waals surface area contributed by atoms with Gasteiger partial charge >= 0.3 is 0 Å². The van der Waals surface area contributed by atoms with Crippen molar-refractivity contribution in [2.45, 2.75) is 12.1 Å². The molecule has 0 bridgehead atoms. The minimum atomic E-state index is -1.20. The fourth-order valence-corrected chi connectivity index (χ4v) is 3.28. The van der Waals surface area contributed by atoms with Crippen molar-refractivity contribution in [3.63, 3.8) is 0 Å². The molecule has 0 amide bonds. The van der Waals surface area contributed by atoms with Crippen molar-refractivity contribution in [1.29, 1.82) is 0 Å². The molecule has 2 aliphatic heterocycles. The molecule has 0 saturated heterocycles. The first-order chi connectivity index (χ1) is 10.2. The Hall–Kier alpha value is -2.33. The number of nitrogens with zero attached hydrogens (tertiary/aromatic N) is 2. The van der Waals surface area contributed by atoms with Crippen molar-refractivity contribution < 1.29 is 10.2 Å². The molecule has 0 fully saturated rings. The van der Waals surface area contributed by atoms with Gasteiger partial charge in [-0.05, 0) is 18.6 Å². The Morgan fingerprint density at radius 3 is 2.62 bits per heavy atom. The summed E-state index contributed by atoms with van der Waals surface area (Å²) in [7, 11) is 0. The first-order valence-corrected chi connectivity index (χ1v) is 7.15. The van der Waals surface area contributed by atoms with Crippen molar-refractivity contribution in [3.8, 4) is 5.75 Å². The molecule has 2 aromatic rings. The van der Waals surface area contributed by atoms with E-state index in [1.54, 1.807) is 24.3 Å². The summed E-state index contributed by atoms with van der Waals surface area (Å²) in [6.45, 7) is 1.57. The van der Waals surface area contributed by atoms with E-state index in [1.807, 2.05) is 29.2 Å². The average molecular weight is 280 g/mol. The molecule has 1 atom stereocenters. The van der Waals surface area contributed by atoms with E-state index in [2.05, 4.69) is 4.99 Å². The highest BCUT2D eigenvalue weighted by Gasteiger charge is 2.48. The lowest BCUT2D eigenvalue weighted by Gasteiger charge is -2.37. The maximum absolute atomic E-state index is 11.5. The summed E-state index contributed by atoms with van der Waals surface area (Å²) < 4.78 is 0. The van der Waals surface area contributed by atoms with E-state index in [0.29, 0.717) is 0 Å². The molecule has 0 saturated carbocycles. The van der Waals surface area contributed by atoms with Crippen LogP contribution in [0.3, 0.4) is 0 Å². The van der Waals surface area contributed by atoms with Crippen LogP contribution in [0, 0.1) is 0 Å². The molecule has 0 aromatic heterocycles. The Labute approximate surface area is 123 Å². The molecule has 2 aliphatic rings. The van der Waals surface area contributed by atoms with Crippen LogP contribution in [0.5, 0.6) is 5.75 Å². The van der Waals surface area contributed by atoms with Crippen LogP contribution >= 0.6 is 0 Å². The van der Waals surface area contributed by atoms with Gasteiger partial charge in [-0.1, -0.05) is 36.4 Å². The van der Waals surface area contributed by atoms with Gasteiger partial charge in [-0.2, -0.15) is 0 Å². The molecule has 0 aliphatic carbocycles. The zero-order valence-electron chi connectivity index (χ0n) is 11.5. The highest BCUT2D eigenvalue weighted by atomic mass is 16.3. The lowest BCUT2D eigenvalue weighted by atomic mass is 9.93. The van der Waals surface area contributed by atoms with Gasteiger partial charge in [-0.15, -0.1) is 0 Å². The Morgan fingerprint density at radius 1 is 1.05 bits per heavy atom. The second-order valence-corrected chi connectivity index (χ2v) is 5.48. The second kappa shape index (κ2) is 4.33. The minimum absolute atomic E-state index is 0.196. The van der Waals surface area contributed by atoms with Crippen LogP contribution in [0.25, 0.3) is 0 Å². The van der Waals surface area contributed by atoms with E-state index in [-0.39, 0.29) is 5.75 Å². The van der Waals surface area contributed by atoms with Crippen molar-refractivity contribution in [3.05, 3.63) is 65.2 Å². The van der Waals surface area contributed by atoms with Gasteiger partial charge in [0.05, 0.1) is 0 Å². The number of aromatic hydroxyl groups is 1. The van der Waals surface area contributed by atoms with E-state index in [1.165, 1.54) is 0 Å². The van der Waals surface area contributed by atoms with Crippen molar-refractivity contribution in [2.75, 3.05) is 13.1 Å². The molecule has 4 heteroatoms. The maximum Gasteiger partial charge on any atom is 0.193 e. The van der Waals surface area contributed by atoms with Gasteiger partial charge in [-0.25, -0.2) is 0 Å². The predicted molar refractivity (Wildman–Crippen MR) is 80.3 cm³/mol. The number of fused-ring (bicyclic) bond motifs is 3. The second-order valence-electron chi connectivity index (χ2n) is 5.48. The van der Waals surface area contributed by atoms with Crippen molar-refractivity contribution in [1.82, 2.24) is 4.90 Å². The number of hydrogen-bond donors (Lipinski definition) is 2. The van der Waals surface area contributed by atoms with Crippen LogP contribution in [-0.2, 0) is 5.72 Å². The van der Waals surface area contributed by atoms with Gasteiger partial charge < -0.3 is 15.1 Å². The molecule has 0 spiro atoms. The number of aliphatic imine (C=N–C) groups is 1. The lowest BCUT2D eigenvalue weighted by Crippen LogP contribution is -2.47. The molecule has 4 nitrogen and oxygen atoms in total. The summed E-state index contributed by atoms with van der Waals surface area (Å²) in [6.07, 6.45) is 0.928. The van der Waals surface area contributed by atoms with Crippen LogP contribution in [0.1, 0.15) is 23.1 Å². The largest absolute Gasteiger partial charge is 0.508 e. The van der Waals surface area contributed by atoms with Gasteiger partial charge in [0.1, 0.15) is 11.6 Å². The number of aliphatic hydroxyl groups is 1. The normalized spacial score (nSPS) is 23.5. The highest BCUT2D eigenvalue weighted by Crippen LogP contribution is 2.43. The van der Waals surface area contributed by atoms with Crippen LogP contribution in [0.2, 0.25) is 0 Å².